The first-order chi connectivity index (χ1) is 23.1. The van der Waals surface area contributed by atoms with Crippen LogP contribution >= 0.6 is 0 Å². The quantitative estimate of drug-likeness (QED) is 0.187. The van der Waals surface area contributed by atoms with E-state index in [0.717, 1.165) is 61.3 Å². The van der Waals surface area contributed by atoms with Crippen LogP contribution in [0.5, 0.6) is 5.75 Å². The molecule has 256 valence electrons. The largest absolute Gasteiger partial charge is 0.462 e. The summed E-state index contributed by atoms with van der Waals surface area (Å²) in [6.45, 7) is 8.70. The summed E-state index contributed by atoms with van der Waals surface area (Å²) in [5.74, 6) is 2.90. The summed E-state index contributed by atoms with van der Waals surface area (Å²) in [6.07, 6.45) is 14.5. The number of rotatable bonds is 11. The van der Waals surface area contributed by atoms with E-state index in [-0.39, 0.29) is 34.9 Å². The molecule has 3 saturated carbocycles. The Morgan fingerprint density at radius 2 is 1.92 bits per heavy atom. The van der Waals surface area contributed by atoms with Crippen LogP contribution in [-0.4, -0.2) is 46.6 Å². The van der Waals surface area contributed by atoms with E-state index in [1.54, 1.807) is 13.3 Å². The lowest BCUT2D eigenvalue weighted by atomic mass is 9.44. The molecular weight excluding hydrogens is 598 g/mol. The number of hydrogen-bond donors (Lipinski definition) is 2. The maximum absolute atomic E-state index is 14.4. The van der Waals surface area contributed by atoms with E-state index < -0.39 is 17.1 Å². The number of nitrogens with one attached hydrogen (secondary N) is 1. The van der Waals surface area contributed by atoms with Crippen molar-refractivity contribution in [2.24, 2.45) is 39.5 Å². The van der Waals surface area contributed by atoms with Crippen molar-refractivity contribution >= 4 is 23.5 Å². The van der Waals surface area contributed by atoms with Gasteiger partial charge in [-0.2, -0.15) is 0 Å². The summed E-state index contributed by atoms with van der Waals surface area (Å²) in [5, 5.41) is 20.5. The van der Waals surface area contributed by atoms with Gasteiger partial charge in [-0.1, -0.05) is 57.0 Å². The number of nitrogens with zero attached hydrogens (tertiary/aromatic N) is 2. The molecule has 8 unspecified atom stereocenters. The number of aryl methyl sites for hydroxylation is 1. The topological polar surface area (TPSA) is 105 Å². The number of methoxy groups -OCH3 is 1. The molecule has 1 heterocycles. The number of unbranched alkanes of at least 4 members (excludes halogenated alkanes) is 1. The molecule has 4 aliphatic carbocycles. The van der Waals surface area contributed by atoms with Gasteiger partial charge in [-0.25, -0.2) is 9.98 Å². The van der Waals surface area contributed by atoms with Crippen molar-refractivity contribution in [1.82, 2.24) is 4.98 Å². The molecule has 8 atom stereocenters. The van der Waals surface area contributed by atoms with E-state index in [9.17, 15) is 9.90 Å². The zero-order valence-electron chi connectivity index (χ0n) is 29.4. The van der Waals surface area contributed by atoms with Crippen molar-refractivity contribution in [3.8, 4) is 5.75 Å². The minimum absolute atomic E-state index is 0.0586. The number of allylic oxidation sites excluding steroid dienone is 4. The van der Waals surface area contributed by atoms with Crippen LogP contribution in [0.25, 0.3) is 0 Å². The fourth-order valence-electron chi connectivity index (χ4n) is 10.3. The highest BCUT2D eigenvalue weighted by atomic mass is 16.5. The first kappa shape index (κ1) is 34.4. The smallest absolute Gasteiger partial charge is 0.165 e. The number of benzene rings is 1. The Balaban J connectivity index is 1.24. The Bertz CT molecular complexity index is 1600. The number of Topliss-reactive ketones (excluding diaryl/α,β-unsaturated/α-hetero) is 1. The summed E-state index contributed by atoms with van der Waals surface area (Å²) in [5.41, 5.74) is 1.62. The molecule has 1 aromatic carbocycles. The molecule has 4 aliphatic rings. The van der Waals surface area contributed by atoms with E-state index in [4.69, 9.17) is 19.9 Å². The molecular formula is C41H53N3O4. The number of fused-ring (bicyclic) bond motifs is 5. The van der Waals surface area contributed by atoms with Gasteiger partial charge in [0.2, 0.25) is 0 Å². The number of carbonyl (C=O) groups is 1. The average molecular weight is 652 g/mol. The van der Waals surface area contributed by atoms with Gasteiger partial charge in [-0.3, -0.25) is 4.79 Å². The zero-order chi connectivity index (χ0) is 34.1. The maximum atomic E-state index is 14.4. The number of pyridine rings is 1. The number of aliphatic hydroxyl groups is 1. The number of para-hydroxylation sites is 1. The van der Waals surface area contributed by atoms with E-state index in [1.807, 2.05) is 49.4 Å². The van der Waals surface area contributed by atoms with Crippen LogP contribution < -0.4 is 4.74 Å². The lowest BCUT2D eigenvalue weighted by molar-refractivity contribution is -0.187. The number of aliphatic imine (C=N–C) groups is 1. The summed E-state index contributed by atoms with van der Waals surface area (Å²) < 4.78 is 12.7. The van der Waals surface area contributed by atoms with Crippen molar-refractivity contribution in [2.75, 3.05) is 7.11 Å². The molecule has 7 nitrogen and oxygen atoms in total. The Labute approximate surface area is 286 Å². The highest BCUT2D eigenvalue weighted by Gasteiger charge is 2.69. The minimum Gasteiger partial charge on any atom is -0.462 e. The first-order valence-electron chi connectivity index (χ1n) is 18.0. The lowest BCUT2D eigenvalue weighted by Crippen LogP contribution is -2.62. The van der Waals surface area contributed by atoms with Gasteiger partial charge in [0, 0.05) is 43.7 Å². The average Bonchev–Trinajstić information content (AvgIpc) is 3.39. The highest BCUT2D eigenvalue weighted by Crippen LogP contribution is 2.68. The van der Waals surface area contributed by atoms with Crippen molar-refractivity contribution in [3.63, 3.8) is 0 Å². The summed E-state index contributed by atoms with van der Waals surface area (Å²) in [6, 6.07) is 13.7. The zero-order valence-corrected chi connectivity index (χ0v) is 29.4. The number of hydrogen-bond acceptors (Lipinski definition) is 7. The third-order valence-electron chi connectivity index (χ3n) is 12.6. The SMILES string of the molecule is CCCC=C(CCC(=O)C1(OC)CCC2C3CCC4=CC(=Nc5ccccn5)C(C=N)CC4(C)C3C(O)CC21C)Oc1ccccc1C. The maximum Gasteiger partial charge on any atom is 0.165 e. The molecule has 0 amide bonds. The van der Waals surface area contributed by atoms with Gasteiger partial charge < -0.3 is 20.0 Å². The lowest BCUT2D eigenvalue weighted by Gasteiger charge is -2.61. The Hall–Kier alpha value is -3.42. The second-order valence-corrected chi connectivity index (χ2v) is 15.1. The molecule has 0 aliphatic heterocycles. The number of ether oxygens (including phenoxy) is 2. The molecule has 0 radical (unpaired) electrons. The number of ketones is 1. The second-order valence-electron chi connectivity index (χ2n) is 15.1. The molecule has 0 bridgehead atoms. The third kappa shape index (κ3) is 5.91. The molecule has 6 rings (SSSR count). The van der Waals surface area contributed by atoms with Crippen molar-refractivity contribution in [1.29, 1.82) is 5.41 Å². The predicted octanol–water partition coefficient (Wildman–Crippen LogP) is 8.77. The van der Waals surface area contributed by atoms with Gasteiger partial charge in [0.1, 0.15) is 17.1 Å². The molecule has 1 aromatic heterocycles. The fraction of sp³-hybridized carbons (Fsp3) is 0.561. The van der Waals surface area contributed by atoms with Crippen LogP contribution in [0.15, 0.2) is 77.1 Å². The molecule has 3 fully saturated rings. The molecule has 48 heavy (non-hydrogen) atoms. The van der Waals surface area contributed by atoms with Crippen LogP contribution in [0.3, 0.4) is 0 Å². The molecule has 0 spiro atoms. The van der Waals surface area contributed by atoms with Crippen LogP contribution in [0.4, 0.5) is 5.82 Å². The van der Waals surface area contributed by atoms with Gasteiger partial charge in [0.15, 0.2) is 11.6 Å². The number of aromatic nitrogens is 1. The number of aliphatic hydroxyl groups excluding tert-OH is 1. The monoisotopic (exact) mass is 651 g/mol. The second kappa shape index (κ2) is 13.8. The summed E-state index contributed by atoms with van der Waals surface area (Å²) in [4.78, 5) is 23.7. The molecule has 7 heteroatoms. The van der Waals surface area contributed by atoms with Gasteiger partial charge in [0.05, 0.1) is 11.8 Å². The van der Waals surface area contributed by atoms with Gasteiger partial charge >= 0.3 is 0 Å². The van der Waals surface area contributed by atoms with Crippen LogP contribution in [0.1, 0.15) is 90.5 Å². The van der Waals surface area contributed by atoms with E-state index >= 15 is 0 Å². The normalized spacial score (nSPS) is 35.3. The highest BCUT2D eigenvalue weighted by molar-refractivity contribution is 6.07. The van der Waals surface area contributed by atoms with Gasteiger partial charge in [-0.05, 0) is 111 Å². The third-order valence-corrected chi connectivity index (χ3v) is 12.6. The Morgan fingerprint density at radius 3 is 2.62 bits per heavy atom. The fourth-order valence-corrected chi connectivity index (χ4v) is 10.3. The summed E-state index contributed by atoms with van der Waals surface area (Å²) >= 11 is 0. The van der Waals surface area contributed by atoms with Crippen LogP contribution in [0, 0.1) is 46.8 Å². The Kier molecular flexibility index (Phi) is 9.93. The molecule has 2 N–H and O–H groups in total. The van der Waals surface area contributed by atoms with Crippen molar-refractivity contribution < 1.29 is 19.4 Å². The van der Waals surface area contributed by atoms with Crippen LogP contribution in [0.2, 0.25) is 0 Å². The predicted molar refractivity (Wildman–Crippen MR) is 191 cm³/mol. The standard InChI is InChI=1S/C41H53N3O4/c1-6-7-13-30(48-35-14-9-8-12-27(35)2)17-19-36(46)41(47-5)21-20-32-31-18-16-29-23-33(44-37-15-10-11-22-43-37)28(26-42)24-39(29,3)38(31)34(45)25-40(32,41)4/h8-15,22-23,26,28,31-32,34,38,42,45H,6-7,16-21,24-25H2,1-5H3. The van der Waals surface area contributed by atoms with Crippen LogP contribution in [-0.2, 0) is 9.53 Å². The van der Waals surface area contributed by atoms with Gasteiger partial charge in [0.25, 0.3) is 0 Å². The van der Waals surface area contributed by atoms with E-state index in [0.29, 0.717) is 31.5 Å². The minimum atomic E-state index is -0.939. The number of carbonyl (C=O) groups excluding carboxylic acids is 1. The molecule has 0 saturated heterocycles. The van der Waals surface area contributed by atoms with Crippen molar-refractivity contribution in [2.45, 2.75) is 104 Å². The van der Waals surface area contributed by atoms with E-state index in [2.05, 4.69) is 37.9 Å². The Morgan fingerprint density at radius 1 is 1.12 bits per heavy atom. The molecule has 2 aromatic rings. The van der Waals surface area contributed by atoms with Gasteiger partial charge in [-0.15, -0.1) is 0 Å². The van der Waals surface area contributed by atoms with E-state index in [1.165, 1.54) is 11.8 Å². The first-order valence-corrected chi connectivity index (χ1v) is 18.0. The van der Waals surface area contributed by atoms with Crippen molar-refractivity contribution in [3.05, 3.63) is 77.7 Å². The summed E-state index contributed by atoms with van der Waals surface area (Å²) in [7, 11) is 1.70.